The molecule has 4 rings (SSSR count). The summed E-state index contributed by atoms with van der Waals surface area (Å²) in [7, 11) is 0. The quantitative estimate of drug-likeness (QED) is 0.569. The topological polar surface area (TPSA) is 77.6 Å². The number of rotatable bonds is 4. The summed E-state index contributed by atoms with van der Waals surface area (Å²) < 4.78 is 3.10. The smallest absolute Gasteiger partial charge is 0.264 e. The third-order valence-electron chi connectivity index (χ3n) is 4.05. The number of carbonyl (C=O) groups excluding carboxylic acids is 1. The molecule has 0 saturated carbocycles. The molecule has 0 saturated heterocycles. The van der Waals surface area contributed by atoms with Crippen molar-refractivity contribution in [3.05, 3.63) is 72.3 Å². The van der Waals surface area contributed by atoms with E-state index >= 15 is 0 Å². The van der Waals surface area contributed by atoms with Crippen molar-refractivity contribution >= 4 is 23.1 Å². The Labute approximate surface area is 156 Å². The number of carbonyl (C=O) groups is 1. The second-order valence-electron chi connectivity index (χ2n) is 6.32. The molecule has 0 aliphatic rings. The van der Waals surface area contributed by atoms with Crippen LogP contribution in [0.4, 0.5) is 0 Å². The standard InChI is InChI=1S/C20H18N6O/c1-14-10-15(2)12-17(11-14)19-22-13-25(24-19)8-6-18(27)23-26-9-5-16-4-3-7-21-20(16)26/h3-13H,1-2H3,(H,23,27)/b8-6-. The van der Waals surface area contributed by atoms with Crippen LogP contribution in [0.3, 0.4) is 0 Å². The van der Waals surface area contributed by atoms with Crippen molar-refractivity contribution in [3.63, 3.8) is 0 Å². The van der Waals surface area contributed by atoms with Crippen LogP contribution in [-0.4, -0.2) is 30.3 Å². The molecular formula is C20H18N6O. The fourth-order valence-electron chi connectivity index (χ4n) is 2.94. The SMILES string of the molecule is Cc1cc(C)cc(-c2ncn(/C=C\C(=O)Nn3ccc4cccnc43)n2)c1. The summed E-state index contributed by atoms with van der Waals surface area (Å²) >= 11 is 0. The van der Waals surface area contributed by atoms with Crippen LogP contribution < -0.4 is 5.43 Å². The molecule has 1 amide bonds. The van der Waals surface area contributed by atoms with Gasteiger partial charge in [-0.3, -0.25) is 10.2 Å². The molecule has 0 bridgehead atoms. The Bertz CT molecular complexity index is 1130. The van der Waals surface area contributed by atoms with Crippen molar-refractivity contribution in [1.82, 2.24) is 24.4 Å². The van der Waals surface area contributed by atoms with Gasteiger partial charge < -0.3 is 0 Å². The highest BCUT2D eigenvalue weighted by Crippen LogP contribution is 2.18. The number of hydrogen-bond acceptors (Lipinski definition) is 4. The van der Waals surface area contributed by atoms with Crippen molar-refractivity contribution in [2.24, 2.45) is 0 Å². The first-order chi connectivity index (χ1) is 13.1. The first-order valence-electron chi connectivity index (χ1n) is 8.49. The van der Waals surface area contributed by atoms with Gasteiger partial charge in [-0.15, -0.1) is 5.10 Å². The minimum Gasteiger partial charge on any atom is -0.268 e. The first kappa shape index (κ1) is 16.7. The number of aryl methyl sites for hydroxylation is 2. The Kier molecular flexibility index (Phi) is 4.25. The molecule has 0 atom stereocenters. The van der Waals surface area contributed by atoms with E-state index in [1.807, 2.05) is 44.2 Å². The Balaban J connectivity index is 1.48. The van der Waals surface area contributed by atoms with Gasteiger partial charge in [0, 0.05) is 35.6 Å². The summed E-state index contributed by atoms with van der Waals surface area (Å²) in [6.07, 6.45) is 7.98. The Hall–Kier alpha value is -3.74. The van der Waals surface area contributed by atoms with Crippen molar-refractivity contribution in [1.29, 1.82) is 0 Å². The lowest BCUT2D eigenvalue weighted by molar-refractivity contribution is -0.112. The molecule has 7 nitrogen and oxygen atoms in total. The number of benzene rings is 1. The number of pyridine rings is 1. The zero-order valence-corrected chi connectivity index (χ0v) is 15.0. The van der Waals surface area contributed by atoms with Gasteiger partial charge in [0.1, 0.15) is 6.33 Å². The maximum atomic E-state index is 12.2. The van der Waals surface area contributed by atoms with E-state index in [9.17, 15) is 4.79 Å². The molecule has 0 aliphatic carbocycles. The molecule has 1 aromatic carbocycles. The van der Waals surface area contributed by atoms with Gasteiger partial charge in [0.25, 0.3) is 5.91 Å². The van der Waals surface area contributed by atoms with E-state index in [0.29, 0.717) is 11.5 Å². The summed E-state index contributed by atoms with van der Waals surface area (Å²) in [5, 5.41) is 5.36. The lowest BCUT2D eigenvalue weighted by Gasteiger charge is -2.04. The summed E-state index contributed by atoms with van der Waals surface area (Å²) in [5.41, 5.74) is 6.71. The van der Waals surface area contributed by atoms with Gasteiger partial charge >= 0.3 is 0 Å². The van der Waals surface area contributed by atoms with Crippen molar-refractivity contribution in [2.75, 3.05) is 5.43 Å². The zero-order valence-electron chi connectivity index (χ0n) is 15.0. The van der Waals surface area contributed by atoms with Crippen molar-refractivity contribution in [2.45, 2.75) is 13.8 Å². The summed E-state index contributed by atoms with van der Waals surface area (Å²) in [5.74, 6) is 0.328. The predicted molar refractivity (Wildman–Crippen MR) is 104 cm³/mol. The van der Waals surface area contributed by atoms with E-state index in [2.05, 4.69) is 26.6 Å². The van der Waals surface area contributed by atoms with Gasteiger partial charge in [-0.1, -0.05) is 17.2 Å². The van der Waals surface area contributed by atoms with E-state index in [1.165, 1.54) is 10.8 Å². The van der Waals surface area contributed by atoms with E-state index in [0.717, 1.165) is 22.1 Å². The molecule has 27 heavy (non-hydrogen) atoms. The third-order valence-corrected chi connectivity index (χ3v) is 4.05. The maximum Gasteiger partial charge on any atom is 0.264 e. The molecule has 4 aromatic rings. The van der Waals surface area contributed by atoms with Crippen LogP contribution >= 0.6 is 0 Å². The van der Waals surface area contributed by atoms with Crippen molar-refractivity contribution in [3.8, 4) is 11.4 Å². The average molecular weight is 358 g/mol. The van der Waals surface area contributed by atoms with Crippen LogP contribution in [-0.2, 0) is 4.79 Å². The molecule has 0 unspecified atom stereocenters. The molecule has 134 valence electrons. The fraction of sp³-hybridized carbons (Fsp3) is 0.100. The lowest BCUT2D eigenvalue weighted by atomic mass is 10.1. The van der Waals surface area contributed by atoms with Crippen LogP contribution in [0.2, 0.25) is 0 Å². The number of nitrogens with zero attached hydrogens (tertiary/aromatic N) is 5. The van der Waals surface area contributed by atoms with Gasteiger partial charge in [0.15, 0.2) is 11.5 Å². The number of aromatic nitrogens is 5. The van der Waals surface area contributed by atoms with Crippen LogP contribution in [0, 0.1) is 13.8 Å². The molecule has 3 aromatic heterocycles. The van der Waals surface area contributed by atoms with Crippen LogP contribution in [0.25, 0.3) is 28.6 Å². The maximum absolute atomic E-state index is 12.2. The molecule has 0 radical (unpaired) electrons. The van der Waals surface area contributed by atoms with Gasteiger partial charge in [-0.05, 0) is 44.2 Å². The highest BCUT2D eigenvalue weighted by Gasteiger charge is 2.06. The van der Waals surface area contributed by atoms with Gasteiger partial charge in [0.2, 0.25) is 0 Å². The summed E-state index contributed by atoms with van der Waals surface area (Å²) in [6.45, 7) is 4.08. The number of hydrogen-bond donors (Lipinski definition) is 1. The monoisotopic (exact) mass is 358 g/mol. The van der Waals surface area contributed by atoms with Crippen LogP contribution in [0.5, 0.6) is 0 Å². The molecule has 3 heterocycles. The lowest BCUT2D eigenvalue weighted by Crippen LogP contribution is -2.20. The van der Waals surface area contributed by atoms with Gasteiger partial charge in [-0.2, -0.15) is 0 Å². The largest absolute Gasteiger partial charge is 0.268 e. The molecule has 7 heteroatoms. The minimum absolute atomic E-state index is 0.290. The highest BCUT2D eigenvalue weighted by atomic mass is 16.2. The molecule has 0 aliphatic heterocycles. The van der Waals surface area contributed by atoms with Crippen molar-refractivity contribution < 1.29 is 4.79 Å². The fourth-order valence-corrected chi connectivity index (χ4v) is 2.94. The van der Waals surface area contributed by atoms with E-state index in [1.54, 1.807) is 29.6 Å². The predicted octanol–water partition coefficient (Wildman–Crippen LogP) is 3.15. The second-order valence-corrected chi connectivity index (χ2v) is 6.32. The van der Waals surface area contributed by atoms with E-state index in [-0.39, 0.29) is 5.91 Å². The number of nitrogens with one attached hydrogen (secondary N) is 1. The van der Waals surface area contributed by atoms with Crippen LogP contribution in [0.15, 0.2) is 61.2 Å². The summed E-state index contributed by atoms with van der Waals surface area (Å²) in [6, 6.07) is 11.8. The first-order valence-corrected chi connectivity index (χ1v) is 8.49. The Morgan fingerprint density at radius 3 is 2.74 bits per heavy atom. The van der Waals surface area contributed by atoms with E-state index < -0.39 is 0 Å². The highest BCUT2D eigenvalue weighted by molar-refractivity contribution is 5.97. The van der Waals surface area contributed by atoms with Crippen LogP contribution in [0.1, 0.15) is 11.1 Å². The van der Waals surface area contributed by atoms with Gasteiger partial charge in [-0.25, -0.2) is 19.3 Å². The molecular weight excluding hydrogens is 340 g/mol. The Morgan fingerprint density at radius 1 is 1.11 bits per heavy atom. The second kappa shape index (κ2) is 6.87. The molecule has 0 fully saturated rings. The average Bonchev–Trinajstić information content (AvgIpc) is 3.27. The van der Waals surface area contributed by atoms with E-state index in [4.69, 9.17) is 0 Å². The Morgan fingerprint density at radius 2 is 1.93 bits per heavy atom. The number of fused-ring (bicyclic) bond motifs is 1. The normalized spacial score (nSPS) is 11.3. The minimum atomic E-state index is -0.290. The summed E-state index contributed by atoms with van der Waals surface area (Å²) in [4.78, 5) is 20.8. The zero-order chi connectivity index (χ0) is 18.8. The molecule has 0 spiro atoms. The molecule has 1 N–H and O–H groups in total. The third kappa shape index (κ3) is 3.62. The number of amides is 1. The van der Waals surface area contributed by atoms with Gasteiger partial charge in [0.05, 0.1) is 0 Å².